The molecule has 0 atom stereocenters. The summed E-state index contributed by atoms with van der Waals surface area (Å²) in [5, 5.41) is 7.08. The number of anilines is 3. The van der Waals surface area contributed by atoms with E-state index in [9.17, 15) is 0 Å². The van der Waals surface area contributed by atoms with Crippen molar-refractivity contribution >= 4 is 81.3 Å². The van der Waals surface area contributed by atoms with Crippen molar-refractivity contribution in [2.24, 2.45) is 0 Å². The fourth-order valence-corrected chi connectivity index (χ4v) is 8.40. The lowest BCUT2D eigenvalue weighted by molar-refractivity contribution is 0.668. The van der Waals surface area contributed by atoms with Gasteiger partial charge in [-0.15, -0.1) is 11.3 Å². The van der Waals surface area contributed by atoms with Crippen LogP contribution in [0.1, 0.15) is 0 Å². The number of rotatable bonds is 5. The summed E-state index contributed by atoms with van der Waals surface area (Å²) in [7, 11) is 0. The van der Waals surface area contributed by atoms with E-state index in [0.29, 0.717) is 0 Å². The molecule has 0 amide bonds. The lowest BCUT2D eigenvalue weighted by atomic mass is 9.98. The fraction of sp³-hybridized carbons (Fsp3) is 0. The number of thiophene rings is 1. The van der Waals surface area contributed by atoms with Crippen LogP contribution in [-0.2, 0) is 0 Å². The molecule has 3 aromatic heterocycles. The van der Waals surface area contributed by atoms with Gasteiger partial charge in [-0.25, -0.2) is 0 Å². The van der Waals surface area contributed by atoms with E-state index in [1.54, 1.807) is 6.20 Å². The summed E-state index contributed by atoms with van der Waals surface area (Å²) in [6, 6.07) is 56.6. The lowest BCUT2D eigenvalue weighted by Crippen LogP contribution is -2.10. The minimum atomic E-state index is 0.859. The zero-order chi connectivity index (χ0) is 32.3. The summed E-state index contributed by atoms with van der Waals surface area (Å²) < 4.78 is 8.75. The molecule has 0 saturated carbocycles. The van der Waals surface area contributed by atoms with Gasteiger partial charge < -0.3 is 9.32 Å². The molecule has 10 aromatic rings. The zero-order valence-electron chi connectivity index (χ0n) is 26.4. The number of furan rings is 1. The molecule has 7 aromatic carbocycles. The van der Waals surface area contributed by atoms with Crippen LogP contribution in [0.5, 0.6) is 0 Å². The molecule has 0 spiro atoms. The Kier molecular flexibility index (Phi) is 6.36. The molecule has 3 heterocycles. The summed E-state index contributed by atoms with van der Waals surface area (Å²) in [4.78, 5) is 6.78. The average Bonchev–Trinajstić information content (AvgIpc) is 3.75. The second-order valence-corrected chi connectivity index (χ2v) is 13.4. The molecule has 0 N–H and O–H groups in total. The zero-order valence-corrected chi connectivity index (χ0v) is 27.2. The lowest BCUT2D eigenvalue weighted by Gasteiger charge is -2.26. The molecule has 10 rings (SSSR count). The van der Waals surface area contributed by atoms with Crippen LogP contribution in [-0.4, -0.2) is 4.98 Å². The van der Waals surface area contributed by atoms with Crippen LogP contribution in [0.25, 0.3) is 75.1 Å². The summed E-state index contributed by atoms with van der Waals surface area (Å²) in [6.07, 6.45) is 3.68. The van der Waals surface area contributed by atoms with Crippen LogP contribution in [0.4, 0.5) is 17.1 Å². The van der Waals surface area contributed by atoms with Gasteiger partial charge in [0, 0.05) is 50.0 Å². The number of hydrogen-bond donors (Lipinski definition) is 0. The van der Waals surface area contributed by atoms with Gasteiger partial charge in [0.2, 0.25) is 0 Å². The SMILES string of the molecule is c1ccc(-c2ccc(N(c3ccc(-c4ccc5ccc6oc7ccncc7c6c5c4)cc3)c3cccc4c3sc3ccccc34)cc2)cc1. The van der Waals surface area contributed by atoms with Crippen LogP contribution in [0.2, 0.25) is 0 Å². The summed E-state index contributed by atoms with van der Waals surface area (Å²) >= 11 is 1.86. The van der Waals surface area contributed by atoms with Crippen LogP contribution < -0.4 is 4.90 Å². The Hall–Kier alpha value is -6.23. The molecule has 0 fully saturated rings. The first-order valence-electron chi connectivity index (χ1n) is 16.4. The van der Waals surface area contributed by atoms with Gasteiger partial charge >= 0.3 is 0 Å². The van der Waals surface area contributed by atoms with Gasteiger partial charge in [-0.1, -0.05) is 103 Å². The van der Waals surface area contributed by atoms with Crippen molar-refractivity contribution in [3.8, 4) is 22.3 Å². The quantitative estimate of drug-likeness (QED) is 0.187. The van der Waals surface area contributed by atoms with Gasteiger partial charge in [-0.05, 0) is 87.6 Å². The minimum Gasteiger partial charge on any atom is -0.456 e. The van der Waals surface area contributed by atoms with Crippen LogP contribution in [0.15, 0.2) is 175 Å². The number of nitrogens with zero attached hydrogens (tertiary/aromatic N) is 2. The first kappa shape index (κ1) is 27.8. The van der Waals surface area contributed by atoms with Gasteiger partial charge in [-0.2, -0.15) is 0 Å². The standard InChI is InChI=1S/C45H28N2OS/c1-2-7-29(8-3-1)30-15-20-34(21-16-30)47(40-11-6-10-37-36-9-4-5-12-43(36)49-45(37)40)35-22-17-31(18-23-35)33-14-13-32-19-24-42-44(38(32)27-33)39-28-46-26-25-41(39)48-42/h1-28H. The van der Waals surface area contributed by atoms with Crippen molar-refractivity contribution in [2.45, 2.75) is 0 Å². The van der Waals surface area contributed by atoms with Gasteiger partial charge in [0.25, 0.3) is 0 Å². The first-order chi connectivity index (χ1) is 24.3. The Morgan fingerprint density at radius 1 is 0.490 bits per heavy atom. The molecule has 0 aliphatic heterocycles. The highest BCUT2D eigenvalue weighted by Crippen LogP contribution is 2.45. The summed E-state index contributed by atoms with van der Waals surface area (Å²) in [5.41, 5.74) is 9.87. The van der Waals surface area contributed by atoms with Crippen LogP contribution in [0, 0.1) is 0 Å². The predicted molar refractivity (Wildman–Crippen MR) is 207 cm³/mol. The molecule has 0 aliphatic rings. The van der Waals surface area contributed by atoms with Crippen molar-refractivity contribution in [1.29, 1.82) is 0 Å². The Morgan fingerprint density at radius 3 is 1.98 bits per heavy atom. The van der Waals surface area contributed by atoms with E-state index in [1.165, 1.54) is 47.8 Å². The fourth-order valence-electron chi connectivity index (χ4n) is 7.19. The molecule has 0 aliphatic carbocycles. The van der Waals surface area contributed by atoms with E-state index in [0.717, 1.165) is 44.4 Å². The van der Waals surface area contributed by atoms with E-state index < -0.39 is 0 Å². The van der Waals surface area contributed by atoms with Crippen LogP contribution >= 0.6 is 11.3 Å². The van der Waals surface area contributed by atoms with E-state index in [1.807, 2.05) is 23.6 Å². The molecule has 49 heavy (non-hydrogen) atoms. The molecule has 0 radical (unpaired) electrons. The van der Waals surface area contributed by atoms with Crippen molar-refractivity contribution in [3.63, 3.8) is 0 Å². The van der Waals surface area contributed by atoms with Crippen molar-refractivity contribution in [2.75, 3.05) is 4.90 Å². The molecule has 230 valence electrons. The van der Waals surface area contributed by atoms with Gasteiger partial charge in [0.1, 0.15) is 11.2 Å². The van der Waals surface area contributed by atoms with E-state index in [-0.39, 0.29) is 0 Å². The summed E-state index contributed by atoms with van der Waals surface area (Å²) in [5.74, 6) is 0. The molecule has 0 bridgehead atoms. The molecular formula is C45H28N2OS. The highest BCUT2D eigenvalue weighted by atomic mass is 32.1. The largest absolute Gasteiger partial charge is 0.456 e. The second-order valence-electron chi connectivity index (χ2n) is 12.4. The number of fused-ring (bicyclic) bond motifs is 8. The maximum Gasteiger partial charge on any atom is 0.138 e. The van der Waals surface area contributed by atoms with Gasteiger partial charge in [0.05, 0.1) is 10.4 Å². The molecule has 0 saturated heterocycles. The number of benzene rings is 7. The van der Waals surface area contributed by atoms with Gasteiger partial charge in [0.15, 0.2) is 0 Å². The minimum absolute atomic E-state index is 0.859. The summed E-state index contributed by atoms with van der Waals surface area (Å²) in [6.45, 7) is 0. The smallest absolute Gasteiger partial charge is 0.138 e. The maximum atomic E-state index is 6.17. The van der Waals surface area contributed by atoms with Crippen molar-refractivity contribution in [1.82, 2.24) is 4.98 Å². The van der Waals surface area contributed by atoms with Crippen molar-refractivity contribution < 1.29 is 4.42 Å². The molecule has 0 unspecified atom stereocenters. The Morgan fingerprint density at radius 2 is 1.16 bits per heavy atom. The number of aromatic nitrogens is 1. The van der Waals surface area contributed by atoms with E-state index in [2.05, 4.69) is 162 Å². The Labute approximate surface area is 286 Å². The van der Waals surface area contributed by atoms with Gasteiger partial charge in [-0.3, -0.25) is 4.98 Å². The van der Waals surface area contributed by atoms with E-state index in [4.69, 9.17) is 4.42 Å². The van der Waals surface area contributed by atoms with Crippen LogP contribution in [0.3, 0.4) is 0 Å². The first-order valence-corrected chi connectivity index (χ1v) is 17.3. The third-order valence-corrected chi connectivity index (χ3v) is 10.8. The highest BCUT2D eigenvalue weighted by Gasteiger charge is 2.19. The topological polar surface area (TPSA) is 29.3 Å². The molecule has 3 nitrogen and oxygen atoms in total. The monoisotopic (exact) mass is 644 g/mol. The number of hydrogen-bond acceptors (Lipinski definition) is 4. The van der Waals surface area contributed by atoms with Crippen molar-refractivity contribution in [3.05, 3.63) is 170 Å². The Balaban J connectivity index is 1.11. The Bertz CT molecular complexity index is 2810. The normalized spacial score (nSPS) is 11.7. The molecule has 4 heteroatoms. The average molecular weight is 645 g/mol. The second kappa shape index (κ2) is 11.2. The highest BCUT2D eigenvalue weighted by molar-refractivity contribution is 7.26. The predicted octanol–water partition coefficient (Wildman–Crippen LogP) is 13.3. The number of pyridine rings is 1. The third kappa shape index (κ3) is 4.61. The molecular weight excluding hydrogens is 617 g/mol. The maximum absolute atomic E-state index is 6.17. The van der Waals surface area contributed by atoms with E-state index >= 15 is 0 Å². The third-order valence-electron chi connectivity index (χ3n) is 9.57.